The van der Waals surface area contributed by atoms with E-state index in [2.05, 4.69) is 10.6 Å². The van der Waals surface area contributed by atoms with Gasteiger partial charge in [-0.3, -0.25) is 14.5 Å². The van der Waals surface area contributed by atoms with Gasteiger partial charge < -0.3 is 15.4 Å². The summed E-state index contributed by atoms with van der Waals surface area (Å²) in [7, 11) is 1.63. The van der Waals surface area contributed by atoms with Crippen molar-refractivity contribution in [2.75, 3.05) is 18.2 Å². The highest BCUT2D eigenvalue weighted by Gasteiger charge is 2.33. The number of imide groups is 1. The maximum Gasteiger partial charge on any atom is 0.319 e. The van der Waals surface area contributed by atoms with Crippen molar-refractivity contribution in [1.82, 2.24) is 10.2 Å². The molecular weight excluding hydrogens is 402 g/mol. The summed E-state index contributed by atoms with van der Waals surface area (Å²) in [5, 5.41) is 5.72. The zero-order valence-corrected chi connectivity index (χ0v) is 17.4. The second-order valence-electron chi connectivity index (χ2n) is 7.42. The van der Waals surface area contributed by atoms with Crippen molar-refractivity contribution in [2.24, 2.45) is 5.92 Å². The molecule has 1 aliphatic heterocycles. The Hall–Kier alpha value is -3.00. The lowest BCUT2D eigenvalue weighted by Gasteiger charge is -2.20. The largest absolute Gasteiger partial charge is 0.497 e. The van der Waals surface area contributed by atoms with Gasteiger partial charge in [0, 0.05) is 5.69 Å². The number of thioether (sulfide) groups is 1. The normalized spacial score (nSPS) is 17.0. The highest BCUT2D eigenvalue weighted by Crippen LogP contribution is 2.41. The monoisotopic (exact) mass is 425 g/mol. The van der Waals surface area contributed by atoms with Crippen LogP contribution >= 0.6 is 11.8 Å². The highest BCUT2D eigenvalue weighted by atomic mass is 32.2. The van der Waals surface area contributed by atoms with Crippen LogP contribution in [-0.4, -0.2) is 34.9 Å². The Balaban J connectivity index is 1.35. The smallest absolute Gasteiger partial charge is 0.319 e. The van der Waals surface area contributed by atoms with Gasteiger partial charge in [0.15, 0.2) is 0 Å². The van der Waals surface area contributed by atoms with Crippen LogP contribution < -0.4 is 15.4 Å². The minimum atomic E-state index is -0.267. The first-order valence-corrected chi connectivity index (χ1v) is 10.8. The van der Waals surface area contributed by atoms with E-state index in [1.807, 2.05) is 24.3 Å². The zero-order valence-electron chi connectivity index (χ0n) is 16.6. The SMILES string of the molecule is COc1ccc(C(NC(=O)Nc2ccc(CN3C(=O)CSC3=O)cc2)C2CC2)cc1. The summed E-state index contributed by atoms with van der Waals surface area (Å²) in [6.07, 6.45) is 2.19. The third-order valence-electron chi connectivity index (χ3n) is 5.25. The minimum Gasteiger partial charge on any atom is -0.497 e. The first-order valence-electron chi connectivity index (χ1n) is 9.81. The van der Waals surface area contributed by atoms with Gasteiger partial charge >= 0.3 is 6.03 Å². The number of carbonyl (C=O) groups excluding carboxylic acids is 3. The standard InChI is InChI=1S/C22H23N3O4S/c1-29-18-10-6-16(7-11-18)20(15-4-5-15)24-21(27)23-17-8-2-14(3-9-17)12-25-19(26)13-30-22(25)28/h2-3,6-11,15,20H,4-5,12-13H2,1H3,(H2,23,24,27). The summed E-state index contributed by atoms with van der Waals surface area (Å²) in [4.78, 5) is 37.2. The summed E-state index contributed by atoms with van der Waals surface area (Å²) in [5.74, 6) is 1.26. The number of nitrogens with one attached hydrogen (secondary N) is 2. The number of hydrogen-bond acceptors (Lipinski definition) is 5. The molecule has 1 aliphatic carbocycles. The maximum absolute atomic E-state index is 12.6. The van der Waals surface area contributed by atoms with Crippen molar-refractivity contribution in [3.63, 3.8) is 0 Å². The molecule has 2 aromatic rings. The summed E-state index contributed by atoms with van der Waals surface area (Å²) >= 11 is 1.02. The van der Waals surface area contributed by atoms with Gasteiger partial charge in [-0.05, 0) is 54.2 Å². The molecule has 0 radical (unpaired) electrons. The fourth-order valence-corrected chi connectivity index (χ4v) is 4.16. The van der Waals surface area contributed by atoms with Crippen LogP contribution in [0.3, 0.4) is 0 Å². The van der Waals surface area contributed by atoms with Crippen molar-refractivity contribution in [1.29, 1.82) is 0 Å². The van der Waals surface area contributed by atoms with Gasteiger partial charge in [0.25, 0.3) is 5.24 Å². The molecule has 1 atom stereocenters. The molecule has 1 saturated carbocycles. The van der Waals surface area contributed by atoms with E-state index in [0.717, 1.165) is 41.5 Å². The maximum atomic E-state index is 12.6. The molecule has 7 nitrogen and oxygen atoms in total. The number of carbonyl (C=O) groups is 3. The van der Waals surface area contributed by atoms with E-state index >= 15 is 0 Å². The molecular formula is C22H23N3O4S. The van der Waals surface area contributed by atoms with Gasteiger partial charge in [0.2, 0.25) is 5.91 Å². The molecule has 0 bridgehead atoms. The fourth-order valence-electron chi connectivity index (χ4n) is 3.43. The molecule has 2 fully saturated rings. The molecule has 1 saturated heterocycles. The Morgan fingerprint density at radius 2 is 1.83 bits per heavy atom. The van der Waals surface area contributed by atoms with Crippen molar-refractivity contribution >= 4 is 34.6 Å². The van der Waals surface area contributed by atoms with Gasteiger partial charge in [-0.15, -0.1) is 0 Å². The number of hydrogen-bond donors (Lipinski definition) is 2. The molecule has 1 unspecified atom stereocenters. The van der Waals surface area contributed by atoms with E-state index in [0.29, 0.717) is 11.6 Å². The first kappa shape index (κ1) is 20.3. The Morgan fingerprint density at radius 1 is 1.13 bits per heavy atom. The number of rotatable bonds is 7. The van der Waals surface area contributed by atoms with E-state index in [1.165, 1.54) is 4.90 Å². The number of amides is 4. The Morgan fingerprint density at radius 3 is 2.40 bits per heavy atom. The summed E-state index contributed by atoms with van der Waals surface area (Å²) in [6.45, 7) is 0.248. The Labute approximate surface area is 179 Å². The van der Waals surface area contributed by atoms with E-state index in [-0.39, 0.29) is 35.5 Å². The molecule has 4 amide bonds. The molecule has 2 aliphatic rings. The topological polar surface area (TPSA) is 87.7 Å². The molecule has 8 heteroatoms. The number of urea groups is 1. The molecule has 0 spiro atoms. The van der Waals surface area contributed by atoms with Gasteiger partial charge in [0.1, 0.15) is 5.75 Å². The molecule has 1 heterocycles. The predicted molar refractivity (Wildman–Crippen MR) is 115 cm³/mol. The highest BCUT2D eigenvalue weighted by molar-refractivity contribution is 8.14. The van der Waals surface area contributed by atoms with Crippen LogP contribution in [0.5, 0.6) is 5.75 Å². The Bertz CT molecular complexity index is 926. The van der Waals surface area contributed by atoms with Gasteiger partial charge in [0.05, 0.1) is 25.4 Å². The molecule has 0 aromatic heterocycles. The lowest BCUT2D eigenvalue weighted by Crippen LogP contribution is -2.33. The van der Waals surface area contributed by atoms with Gasteiger partial charge in [-0.2, -0.15) is 0 Å². The molecule has 2 N–H and O–H groups in total. The number of methoxy groups -OCH3 is 1. The van der Waals surface area contributed by atoms with Crippen LogP contribution in [0, 0.1) is 5.92 Å². The van der Waals surface area contributed by atoms with E-state index < -0.39 is 0 Å². The second kappa shape index (κ2) is 8.79. The average molecular weight is 426 g/mol. The third-order valence-corrected chi connectivity index (χ3v) is 6.11. The fraction of sp³-hybridized carbons (Fsp3) is 0.318. The molecule has 4 rings (SSSR count). The number of anilines is 1. The van der Waals surface area contributed by atoms with Crippen molar-refractivity contribution in [3.05, 3.63) is 59.7 Å². The van der Waals surface area contributed by atoms with E-state index in [1.54, 1.807) is 31.4 Å². The summed E-state index contributed by atoms with van der Waals surface area (Å²) < 4.78 is 5.21. The molecule has 30 heavy (non-hydrogen) atoms. The van der Waals surface area contributed by atoms with Gasteiger partial charge in [-0.1, -0.05) is 36.0 Å². The third kappa shape index (κ3) is 4.76. The summed E-state index contributed by atoms with van der Waals surface area (Å²) in [5.41, 5.74) is 2.54. The second-order valence-corrected chi connectivity index (χ2v) is 8.34. The number of nitrogens with zero attached hydrogens (tertiary/aromatic N) is 1. The van der Waals surface area contributed by atoms with Crippen LogP contribution in [0.25, 0.3) is 0 Å². The van der Waals surface area contributed by atoms with Crippen LogP contribution in [0.15, 0.2) is 48.5 Å². The van der Waals surface area contributed by atoms with Crippen molar-refractivity contribution in [2.45, 2.75) is 25.4 Å². The summed E-state index contributed by atoms with van der Waals surface area (Å²) in [6, 6.07) is 14.6. The molecule has 156 valence electrons. The first-order chi connectivity index (χ1) is 14.5. The Kier molecular flexibility index (Phi) is 5.94. The van der Waals surface area contributed by atoms with Crippen molar-refractivity contribution < 1.29 is 19.1 Å². The van der Waals surface area contributed by atoms with Crippen LogP contribution in [0.1, 0.15) is 30.0 Å². The van der Waals surface area contributed by atoms with Crippen LogP contribution in [0.2, 0.25) is 0 Å². The number of benzene rings is 2. The van der Waals surface area contributed by atoms with Crippen molar-refractivity contribution in [3.8, 4) is 5.75 Å². The zero-order chi connectivity index (χ0) is 21.1. The molecule has 2 aromatic carbocycles. The average Bonchev–Trinajstić information content (AvgIpc) is 3.55. The van der Waals surface area contributed by atoms with E-state index in [9.17, 15) is 14.4 Å². The van der Waals surface area contributed by atoms with E-state index in [4.69, 9.17) is 4.74 Å². The van der Waals surface area contributed by atoms with Crippen LogP contribution in [-0.2, 0) is 11.3 Å². The predicted octanol–water partition coefficient (Wildman–Crippen LogP) is 4.16. The van der Waals surface area contributed by atoms with Crippen LogP contribution in [0.4, 0.5) is 15.3 Å². The van der Waals surface area contributed by atoms with Gasteiger partial charge in [-0.25, -0.2) is 4.79 Å². The lowest BCUT2D eigenvalue weighted by atomic mass is 10.0. The number of ether oxygens (including phenoxy) is 1. The lowest BCUT2D eigenvalue weighted by molar-refractivity contribution is -0.125. The minimum absolute atomic E-state index is 0.0418. The quantitative estimate of drug-likeness (QED) is 0.695.